The van der Waals surface area contributed by atoms with Crippen molar-refractivity contribution in [1.29, 1.82) is 0 Å². The van der Waals surface area contributed by atoms with Gasteiger partial charge in [-0.25, -0.2) is 0 Å². The molecule has 0 heterocycles. The predicted molar refractivity (Wildman–Crippen MR) is 117 cm³/mol. The van der Waals surface area contributed by atoms with Gasteiger partial charge in [-0.2, -0.15) is 0 Å². The Morgan fingerprint density at radius 2 is 1.59 bits per heavy atom. The van der Waals surface area contributed by atoms with Crippen molar-refractivity contribution >= 4 is 0 Å². The number of benzene rings is 2. The van der Waals surface area contributed by atoms with E-state index in [0.717, 1.165) is 22.4 Å². The van der Waals surface area contributed by atoms with Gasteiger partial charge in [0.2, 0.25) is 0 Å². The van der Waals surface area contributed by atoms with E-state index in [1.165, 1.54) is 0 Å². The largest absolute Gasteiger partial charge is 0.489 e. The third-order valence-corrected chi connectivity index (χ3v) is 5.63. The maximum absolute atomic E-state index is 10.5. The Morgan fingerprint density at radius 3 is 2.21 bits per heavy atom. The maximum atomic E-state index is 10.5. The van der Waals surface area contributed by atoms with Gasteiger partial charge in [0.05, 0.1) is 18.8 Å². The van der Waals surface area contributed by atoms with E-state index in [0.29, 0.717) is 25.0 Å². The lowest BCUT2D eigenvalue weighted by atomic mass is 9.82. The quantitative estimate of drug-likeness (QED) is 0.510. The molecule has 0 saturated carbocycles. The lowest BCUT2D eigenvalue weighted by Crippen LogP contribution is -2.25. The zero-order chi connectivity index (χ0) is 21.5. The van der Waals surface area contributed by atoms with Gasteiger partial charge >= 0.3 is 0 Å². The summed E-state index contributed by atoms with van der Waals surface area (Å²) in [4.78, 5) is 0. The monoisotopic (exact) mass is 398 g/mol. The van der Waals surface area contributed by atoms with Gasteiger partial charge in [0.25, 0.3) is 0 Å². The summed E-state index contributed by atoms with van der Waals surface area (Å²) >= 11 is 0. The SMILES string of the molecule is CCC(O)(/C=C/C(C)(C)c1cccc(OCc2ccc(CO)c(CO)c2)c1)CC. The smallest absolute Gasteiger partial charge is 0.120 e. The second-order valence-corrected chi connectivity index (χ2v) is 8.10. The topological polar surface area (TPSA) is 69.9 Å². The molecule has 0 atom stereocenters. The molecule has 29 heavy (non-hydrogen) atoms. The fourth-order valence-corrected chi connectivity index (χ4v) is 3.17. The van der Waals surface area contributed by atoms with Crippen molar-refractivity contribution in [2.45, 2.75) is 71.4 Å². The van der Waals surface area contributed by atoms with E-state index in [2.05, 4.69) is 26.0 Å². The lowest BCUT2D eigenvalue weighted by Gasteiger charge is -2.26. The molecule has 0 unspecified atom stereocenters. The van der Waals surface area contributed by atoms with Gasteiger partial charge in [0.15, 0.2) is 0 Å². The first kappa shape index (κ1) is 23.1. The molecule has 0 aliphatic rings. The summed E-state index contributed by atoms with van der Waals surface area (Å²) < 4.78 is 5.97. The minimum atomic E-state index is -0.767. The standard InChI is InChI=1S/C25H34O4/c1-5-25(28,6-2)13-12-24(3,4)22-8-7-9-23(15-22)29-18-19-10-11-20(16-26)21(14-19)17-27/h7-15,26-28H,5-6,16-18H2,1-4H3/b13-12+. The average molecular weight is 399 g/mol. The van der Waals surface area contributed by atoms with Crippen LogP contribution < -0.4 is 4.74 Å². The first-order valence-corrected chi connectivity index (χ1v) is 10.3. The summed E-state index contributed by atoms with van der Waals surface area (Å²) in [5, 5.41) is 29.3. The van der Waals surface area contributed by atoms with Crippen LogP contribution in [0.25, 0.3) is 0 Å². The number of aliphatic hydroxyl groups excluding tert-OH is 2. The molecule has 2 rings (SSSR count). The Labute approximate surface area is 174 Å². The number of rotatable bonds is 10. The van der Waals surface area contributed by atoms with Gasteiger partial charge in [-0.05, 0) is 53.3 Å². The molecule has 0 aliphatic carbocycles. The number of hydrogen-bond acceptors (Lipinski definition) is 4. The lowest BCUT2D eigenvalue weighted by molar-refractivity contribution is 0.0821. The van der Waals surface area contributed by atoms with E-state index in [4.69, 9.17) is 4.74 Å². The summed E-state index contributed by atoms with van der Waals surface area (Å²) in [6, 6.07) is 13.6. The van der Waals surface area contributed by atoms with Crippen LogP contribution in [0.5, 0.6) is 5.75 Å². The normalized spacial score (nSPS) is 12.5. The van der Waals surface area contributed by atoms with Crippen LogP contribution in [0, 0.1) is 0 Å². The second kappa shape index (κ2) is 10.1. The van der Waals surface area contributed by atoms with E-state index >= 15 is 0 Å². The molecule has 2 aromatic carbocycles. The van der Waals surface area contributed by atoms with Crippen molar-refractivity contribution in [3.63, 3.8) is 0 Å². The van der Waals surface area contributed by atoms with Crippen LogP contribution in [-0.4, -0.2) is 20.9 Å². The Morgan fingerprint density at radius 1 is 0.897 bits per heavy atom. The maximum Gasteiger partial charge on any atom is 0.120 e. The number of allylic oxidation sites excluding steroid dienone is 1. The first-order chi connectivity index (χ1) is 13.8. The van der Waals surface area contributed by atoms with Crippen LogP contribution in [-0.2, 0) is 25.2 Å². The molecule has 0 amide bonds. The van der Waals surface area contributed by atoms with Crippen molar-refractivity contribution in [2.75, 3.05) is 0 Å². The molecule has 4 nitrogen and oxygen atoms in total. The average Bonchev–Trinajstić information content (AvgIpc) is 2.76. The highest BCUT2D eigenvalue weighted by Gasteiger charge is 2.22. The summed E-state index contributed by atoms with van der Waals surface area (Å²) in [5.41, 5.74) is 2.47. The van der Waals surface area contributed by atoms with Crippen LogP contribution in [0.2, 0.25) is 0 Å². The molecule has 0 bridgehead atoms. The fraction of sp³-hybridized carbons (Fsp3) is 0.440. The first-order valence-electron chi connectivity index (χ1n) is 10.3. The zero-order valence-corrected chi connectivity index (χ0v) is 18.0. The highest BCUT2D eigenvalue weighted by atomic mass is 16.5. The summed E-state index contributed by atoms with van der Waals surface area (Å²) in [6.07, 6.45) is 5.36. The Kier molecular flexibility index (Phi) is 8.03. The molecular formula is C25H34O4. The van der Waals surface area contributed by atoms with Crippen molar-refractivity contribution in [3.05, 3.63) is 76.9 Å². The van der Waals surface area contributed by atoms with Gasteiger partial charge in [-0.1, -0.05) is 64.1 Å². The Hall–Kier alpha value is -2.14. The molecule has 4 heteroatoms. The molecular weight excluding hydrogens is 364 g/mol. The van der Waals surface area contributed by atoms with Crippen molar-refractivity contribution < 1.29 is 20.1 Å². The van der Waals surface area contributed by atoms with E-state index < -0.39 is 5.60 Å². The van der Waals surface area contributed by atoms with Crippen LogP contribution in [0.1, 0.15) is 62.8 Å². The van der Waals surface area contributed by atoms with Crippen LogP contribution in [0.15, 0.2) is 54.6 Å². The molecule has 0 saturated heterocycles. The van der Waals surface area contributed by atoms with Crippen molar-refractivity contribution in [3.8, 4) is 5.75 Å². The summed E-state index contributed by atoms with van der Waals surface area (Å²) in [7, 11) is 0. The number of hydrogen-bond donors (Lipinski definition) is 3. The summed E-state index contributed by atoms with van der Waals surface area (Å²) in [5.74, 6) is 0.766. The van der Waals surface area contributed by atoms with E-state index in [9.17, 15) is 15.3 Å². The Balaban J connectivity index is 2.14. The molecule has 0 spiro atoms. The third-order valence-electron chi connectivity index (χ3n) is 5.63. The summed E-state index contributed by atoms with van der Waals surface area (Å²) in [6.45, 7) is 8.40. The molecule has 0 radical (unpaired) electrons. The van der Waals surface area contributed by atoms with Gasteiger partial charge < -0.3 is 20.1 Å². The molecule has 158 valence electrons. The fourth-order valence-electron chi connectivity index (χ4n) is 3.17. The zero-order valence-electron chi connectivity index (χ0n) is 18.0. The molecule has 2 aromatic rings. The molecule has 0 fully saturated rings. The number of aliphatic hydroxyl groups is 3. The van der Waals surface area contributed by atoms with Gasteiger partial charge in [0.1, 0.15) is 12.4 Å². The van der Waals surface area contributed by atoms with Crippen LogP contribution in [0.4, 0.5) is 0 Å². The van der Waals surface area contributed by atoms with Crippen molar-refractivity contribution in [2.24, 2.45) is 0 Å². The van der Waals surface area contributed by atoms with Gasteiger partial charge in [0, 0.05) is 5.41 Å². The highest BCUT2D eigenvalue weighted by molar-refractivity contribution is 5.37. The molecule has 0 aromatic heterocycles. The van der Waals surface area contributed by atoms with E-state index in [1.807, 2.05) is 56.3 Å². The van der Waals surface area contributed by atoms with Crippen LogP contribution in [0.3, 0.4) is 0 Å². The minimum Gasteiger partial charge on any atom is -0.489 e. The van der Waals surface area contributed by atoms with Gasteiger partial charge in [-0.3, -0.25) is 0 Å². The molecule has 0 aliphatic heterocycles. The number of ether oxygens (including phenoxy) is 1. The Bertz CT molecular complexity index is 819. The predicted octanol–water partition coefficient (Wildman–Crippen LogP) is 4.64. The second-order valence-electron chi connectivity index (χ2n) is 8.10. The highest BCUT2D eigenvalue weighted by Crippen LogP contribution is 2.30. The van der Waals surface area contributed by atoms with E-state index in [1.54, 1.807) is 0 Å². The van der Waals surface area contributed by atoms with Crippen LogP contribution >= 0.6 is 0 Å². The van der Waals surface area contributed by atoms with Crippen molar-refractivity contribution in [1.82, 2.24) is 0 Å². The minimum absolute atomic E-state index is 0.0904. The molecule has 3 N–H and O–H groups in total. The van der Waals surface area contributed by atoms with E-state index in [-0.39, 0.29) is 18.6 Å². The van der Waals surface area contributed by atoms with Gasteiger partial charge in [-0.15, -0.1) is 0 Å². The third kappa shape index (κ3) is 6.17.